The number of hydrogen-bond donors (Lipinski definition) is 2. The molecule has 0 aliphatic carbocycles. The van der Waals surface area contributed by atoms with Crippen molar-refractivity contribution in [2.45, 2.75) is 6.92 Å². The van der Waals surface area contributed by atoms with Crippen molar-refractivity contribution >= 4 is 34.0 Å². The third-order valence-electron chi connectivity index (χ3n) is 6.10. The van der Waals surface area contributed by atoms with Gasteiger partial charge in [-0.25, -0.2) is 15.0 Å². The van der Waals surface area contributed by atoms with Crippen LogP contribution in [0.2, 0.25) is 0 Å². The molecule has 2 aliphatic heterocycles. The molecule has 32 heavy (non-hydrogen) atoms. The number of rotatable bonds is 5. The number of piperazine rings is 1. The van der Waals surface area contributed by atoms with Gasteiger partial charge in [-0.3, -0.25) is 4.79 Å². The number of hydrogen-bond acceptors (Lipinski definition) is 9. The van der Waals surface area contributed by atoms with Crippen molar-refractivity contribution in [3.63, 3.8) is 0 Å². The Bertz CT molecular complexity index is 1120. The Morgan fingerprint density at radius 1 is 1.03 bits per heavy atom. The number of nitrogens with zero attached hydrogens (tertiary/aromatic N) is 6. The summed E-state index contributed by atoms with van der Waals surface area (Å²) in [6, 6.07) is 5.84. The monoisotopic (exact) mass is 436 g/mol. The lowest BCUT2D eigenvalue weighted by Gasteiger charge is -2.35. The molecule has 3 aromatic heterocycles. The van der Waals surface area contributed by atoms with Crippen molar-refractivity contribution in [2.75, 3.05) is 74.1 Å². The molecular weight excluding hydrogens is 408 g/mol. The summed E-state index contributed by atoms with van der Waals surface area (Å²) in [5.74, 6) is 2.23. The Kier molecular flexibility index (Phi) is 5.87. The highest BCUT2D eigenvalue weighted by Gasteiger charge is 2.20. The smallest absolute Gasteiger partial charge is 0.262 e. The van der Waals surface area contributed by atoms with Gasteiger partial charge in [0.25, 0.3) is 5.56 Å². The third-order valence-corrected chi connectivity index (χ3v) is 6.10. The molecule has 0 saturated carbocycles. The van der Waals surface area contributed by atoms with Gasteiger partial charge in [0.2, 0.25) is 0 Å². The predicted octanol–water partition coefficient (Wildman–Crippen LogP) is 1.44. The number of fused-ring (bicyclic) bond motifs is 1. The van der Waals surface area contributed by atoms with E-state index in [1.165, 1.54) is 6.33 Å². The lowest BCUT2D eigenvalue weighted by atomic mass is 10.2. The average Bonchev–Trinajstić information content (AvgIpc) is 2.85. The van der Waals surface area contributed by atoms with Crippen LogP contribution in [0.3, 0.4) is 0 Å². The zero-order valence-corrected chi connectivity index (χ0v) is 18.3. The topological polar surface area (TPSA) is 103 Å². The average molecular weight is 437 g/mol. The van der Waals surface area contributed by atoms with E-state index in [0.717, 1.165) is 63.1 Å². The fourth-order valence-electron chi connectivity index (χ4n) is 4.20. The first-order valence-electron chi connectivity index (χ1n) is 11.1. The Morgan fingerprint density at radius 2 is 1.81 bits per heavy atom. The molecule has 5 rings (SSSR count). The van der Waals surface area contributed by atoms with E-state index in [0.29, 0.717) is 29.9 Å². The number of aromatic amines is 1. The van der Waals surface area contributed by atoms with Crippen molar-refractivity contribution in [1.82, 2.24) is 24.8 Å². The maximum absolute atomic E-state index is 12.6. The minimum atomic E-state index is -0.217. The van der Waals surface area contributed by atoms with Crippen LogP contribution in [0, 0.1) is 0 Å². The Balaban J connectivity index is 1.44. The number of nitrogens with one attached hydrogen (secondary N) is 2. The number of aromatic nitrogens is 4. The van der Waals surface area contributed by atoms with Gasteiger partial charge in [0, 0.05) is 45.3 Å². The second kappa shape index (κ2) is 9.09. The molecule has 0 bridgehead atoms. The van der Waals surface area contributed by atoms with E-state index < -0.39 is 0 Å². The van der Waals surface area contributed by atoms with Crippen LogP contribution in [0.15, 0.2) is 35.5 Å². The maximum atomic E-state index is 12.6. The summed E-state index contributed by atoms with van der Waals surface area (Å²) in [6.07, 6.45) is 3.21. The second-order valence-electron chi connectivity index (χ2n) is 8.01. The first kappa shape index (κ1) is 20.7. The van der Waals surface area contributed by atoms with Gasteiger partial charge in [-0.15, -0.1) is 0 Å². The van der Waals surface area contributed by atoms with Crippen LogP contribution < -0.4 is 20.7 Å². The lowest BCUT2D eigenvalue weighted by Crippen LogP contribution is -2.46. The molecule has 5 heterocycles. The molecule has 0 amide bonds. The quantitative estimate of drug-likeness (QED) is 0.615. The van der Waals surface area contributed by atoms with Gasteiger partial charge in [0.15, 0.2) is 0 Å². The highest BCUT2D eigenvalue weighted by Crippen LogP contribution is 2.26. The standard InChI is InChI=1S/C22H28N8O2/c1-2-28-5-7-29(8-6-28)19-13-17-20(22(31)25-15-24-17)21(27-19)26-16-3-4-18(23-14-16)30-9-11-32-12-10-30/h3-4,13-15H,2,5-12H2,1H3,(H,26,27)(H,24,25,31). The van der Waals surface area contributed by atoms with Gasteiger partial charge < -0.3 is 29.7 Å². The number of likely N-dealkylation sites (N-methyl/N-ethyl adjacent to an activating group) is 1. The zero-order chi connectivity index (χ0) is 21.9. The minimum absolute atomic E-state index is 0.217. The number of anilines is 4. The van der Waals surface area contributed by atoms with Crippen LogP contribution in [0.4, 0.5) is 23.1 Å². The SMILES string of the molecule is CCN1CCN(c2cc3nc[nH]c(=O)c3c(Nc3ccc(N4CCOCC4)nc3)n2)CC1. The van der Waals surface area contributed by atoms with Crippen molar-refractivity contribution in [1.29, 1.82) is 0 Å². The van der Waals surface area contributed by atoms with E-state index >= 15 is 0 Å². The van der Waals surface area contributed by atoms with Gasteiger partial charge in [0.1, 0.15) is 22.8 Å². The second-order valence-corrected chi connectivity index (χ2v) is 8.01. The van der Waals surface area contributed by atoms with Crippen LogP contribution in [-0.4, -0.2) is 83.9 Å². The summed E-state index contributed by atoms with van der Waals surface area (Å²) in [6.45, 7) is 10.1. The van der Waals surface area contributed by atoms with Gasteiger partial charge in [0.05, 0.1) is 36.9 Å². The van der Waals surface area contributed by atoms with Gasteiger partial charge >= 0.3 is 0 Å². The molecule has 10 heteroatoms. The van der Waals surface area contributed by atoms with Crippen molar-refractivity contribution in [2.24, 2.45) is 0 Å². The number of ether oxygens (including phenoxy) is 1. The number of morpholine rings is 1. The van der Waals surface area contributed by atoms with Gasteiger partial charge in [-0.2, -0.15) is 0 Å². The lowest BCUT2D eigenvalue weighted by molar-refractivity contribution is 0.122. The molecular formula is C22H28N8O2. The van der Waals surface area contributed by atoms with Crippen molar-refractivity contribution in [3.8, 4) is 0 Å². The first-order chi connectivity index (χ1) is 15.7. The molecule has 0 aromatic carbocycles. The Morgan fingerprint density at radius 3 is 2.53 bits per heavy atom. The third kappa shape index (κ3) is 4.23. The summed E-state index contributed by atoms with van der Waals surface area (Å²) in [4.78, 5) is 35.9. The van der Waals surface area contributed by atoms with E-state index in [1.54, 1.807) is 6.20 Å². The maximum Gasteiger partial charge on any atom is 0.262 e. The molecule has 2 fully saturated rings. The molecule has 2 saturated heterocycles. The molecule has 0 atom stereocenters. The van der Waals surface area contributed by atoms with Crippen molar-refractivity contribution in [3.05, 3.63) is 41.1 Å². The highest BCUT2D eigenvalue weighted by atomic mass is 16.5. The van der Waals surface area contributed by atoms with Crippen LogP contribution in [-0.2, 0) is 4.74 Å². The fourth-order valence-corrected chi connectivity index (χ4v) is 4.20. The molecule has 2 N–H and O–H groups in total. The van der Waals surface area contributed by atoms with Crippen LogP contribution in [0.5, 0.6) is 0 Å². The normalized spacial score (nSPS) is 17.7. The fraction of sp³-hybridized carbons (Fsp3) is 0.455. The first-order valence-corrected chi connectivity index (χ1v) is 11.1. The van der Waals surface area contributed by atoms with Gasteiger partial charge in [-0.1, -0.05) is 6.92 Å². The summed E-state index contributed by atoms with van der Waals surface area (Å²) >= 11 is 0. The summed E-state index contributed by atoms with van der Waals surface area (Å²) in [5, 5.41) is 3.75. The molecule has 10 nitrogen and oxygen atoms in total. The summed E-state index contributed by atoms with van der Waals surface area (Å²) < 4.78 is 5.41. The number of pyridine rings is 2. The zero-order valence-electron chi connectivity index (χ0n) is 18.3. The van der Waals surface area contributed by atoms with Crippen molar-refractivity contribution < 1.29 is 4.74 Å². The summed E-state index contributed by atoms with van der Waals surface area (Å²) in [7, 11) is 0. The van der Waals surface area contributed by atoms with E-state index in [-0.39, 0.29) is 5.56 Å². The van der Waals surface area contributed by atoms with E-state index in [1.807, 2.05) is 18.2 Å². The molecule has 168 valence electrons. The molecule has 0 radical (unpaired) electrons. The van der Waals surface area contributed by atoms with E-state index in [4.69, 9.17) is 9.72 Å². The number of H-pyrrole nitrogens is 1. The molecule has 2 aliphatic rings. The van der Waals surface area contributed by atoms with Crippen LogP contribution in [0.1, 0.15) is 6.92 Å². The Labute approximate surface area is 186 Å². The molecule has 3 aromatic rings. The Hall–Kier alpha value is -3.24. The largest absolute Gasteiger partial charge is 0.378 e. The van der Waals surface area contributed by atoms with Crippen LogP contribution in [0.25, 0.3) is 10.9 Å². The summed E-state index contributed by atoms with van der Waals surface area (Å²) in [5.41, 5.74) is 1.18. The molecule has 0 unspecified atom stereocenters. The van der Waals surface area contributed by atoms with E-state index in [2.05, 4.69) is 41.9 Å². The highest BCUT2D eigenvalue weighted by molar-refractivity contribution is 5.92. The molecule has 0 spiro atoms. The van der Waals surface area contributed by atoms with Gasteiger partial charge in [-0.05, 0) is 18.7 Å². The van der Waals surface area contributed by atoms with Crippen LogP contribution >= 0.6 is 0 Å². The minimum Gasteiger partial charge on any atom is -0.378 e. The predicted molar refractivity (Wildman–Crippen MR) is 125 cm³/mol. The van der Waals surface area contributed by atoms with E-state index in [9.17, 15) is 4.79 Å².